The van der Waals surface area contributed by atoms with Crippen molar-refractivity contribution in [2.45, 2.75) is 38.1 Å². The van der Waals surface area contributed by atoms with E-state index < -0.39 is 5.82 Å². The second-order valence-corrected chi connectivity index (χ2v) is 7.90. The maximum absolute atomic E-state index is 14.1. The van der Waals surface area contributed by atoms with E-state index >= 15 is 0 Å². The van der Waals surface area contributed by atoms with E-state index in [2.05, 4.69) is 29.9 Å². The number of hydrogen-bond acceptors (Lipinski definition) is 6. The summed E-state index contributed by atoms with van der Waals surface area (Å²) in [6, 6.07) is 8.51. The minimum absolute atomic E-state index is 0.0864. The standard InChI is InChI=1S/C21H18ClFN6O/c1-12(19-25-21(30-28-19)16-11-14(22)2-5-17(16)23)10-18-26-27-20(29(18)15-3-4-15)13-6-8-24-9-7-13/h2,5-9,11-12,15H,3-4,10H2,1H3. The molecule has 0 aliphatic heterocycles. The van der Waals surface area contributed by atoms with Crippen LogP contribution in [0.15, 0.2) is 47.2 Å². The molecule has 1 saturated carbocycles. The zero-order chi connectivity index (χ0) is 20.7. The molecule has 1 unspecified atom stereocenters. The van der Waals surface area contributed by atoms with Gasteiger partial charge in [-0.3, -0.25) is 4.98 Å². The van der Waals surface area contributed by atoms with E-state index in [0.29, 0.717) is 23.3 Å². The summed E-state index contributed by atoms with van der Waals surface area (Å²) >= 11 is 5.97. The highest BCUT2D eigenvalue weighted by Gasteiger charge is 2.31. The number of rotatable bonds is 6. The SMILES string of the molecule is CC(Cc1nnc(-c2ccncc2)n1C1CC1)c1noc(-c2cc(Cl)ccc2F)n1. The van der Waals surface area contributed by atoms with Gasteiger partial charge in [0.25, 0.3) is 5.89 Å². The predicted molar refractivity (Wildman–Crippen MR) is 108 cm³/mol. The van der Waals surface area contributed by atoms with Gasteiger partial charge in [-0.1, -0.05) is 23.7 Å². The highest BCUT2D eigenvalue weighted by molar-refractivity contribution is 6.30. The molecule has 0 radical (unpaired) electrons. The van der Waals surface area contributed by atoms with Crippen molar-refractivity contribution >= 4 is 11.6 Å². The molecule has 3 aromatic heterocycles. The molecular formula is C21H18ClFN6O. The van der Waals surface area contributed by atoms with Gasteiger partial charge in [0.2, 0.25) is 0 Å². The van der Waals surface area contributed by atoms with Crippen molar-refractivity contribution in [3.05, 3.63) is 65.2 Å². The van der Waals surface area contributed by atoms with Crippen LogP contribution in [0.5, 0.6) is 0 Å². The van der Waals surface area contributed by atoms with Crippen molar-refractivity contribution in [1.29, 1.82) is 0 Å². The van der Waals surface area contributed by atoms with E-state index in [0.717, 1.165) is 30.1 Å². The number of benzene rings is 1. The molecule has 1 aliphatic carbocycles. The first-order chi connectivity index (χ1) is 14.6. The molecular weight excluding hydrogens is 407 g/mol. The number of halogens is 2. The third kappa shape index (κ3) is 3.59. The van der Waals surface area contributed by atoms with Crippen LogP contribution in [0.3, 0.4) is 0 Å². The normalized spacial score (nSPS) is 14.8. The van der Waals surface area contributed by atoms with Gasteiger partial charge in [-0.25, -0.2) is 4.39 Å². The Morgan fingerprint density at radius 1 is 1.20 bits per heavy atom. The van der Waals surface area contributed by atoms with Gasteiger partial charge < -0.3 is 9.09 Å². The summed E-state index contributed by atoms with van der Waals surface area (Å²) in [5, 5.41) is 13.3. The van der Waals surface area contributed by atoms with Crippen molar-refractivity contribution in [3.8, 4) is 22.8 Å². The van der Waals surface area contributed by atoms with Crippen LogP contribution in [0.1, 0.15) is 43.4 Å². The summed E-state index contributed by atoms with van der Waals surface area (Å²) in [4.78, 5) is 8.47. The van der Waals surface area contributed by atoms with Crippen LogP contribution < -0.4 is 0 Å². The van der Waals surface area contributed by atoms with Crippen molar-refractivity contribution in [1.82, 2.24) is 29.9 Å². The van der Waals surface area contributed by atoms with Gasteiger partial charge in [-0.05, 0) is 43.2 Å². The van der Waals surface area contributed by atoms with E-state index in [1.165, 1.54) is 18.2 Å². The lowest BCUT2D eigenvalue weighted by atomic mass is 10.1. The largest absolute Gasteiger partial charge is 0.334 e. The maximum atomic E-state index is 14.1. The quantitative estimate of drug-likeness (QED) is 0.439. The lowest BCUT2D eigenvalue weighted by Crippen LogP contribution is -2.09. The Morgan fingerprint density at radius 3 is 2.77 bits per heavy atom. The van der Waals surface area contributed by atoms with E-state index in [-0.39, 0.29) is 17.4 Å². The first-order valence-electron chi connectivity index (χ1n) is 9.73. The zero-order valence-corrected chi connectivity index (χ0v) is 16.9. The number of pyridine rings is 1. The van der Waals surface area contributed by atoms with Crippen molar-refractivity contribution < 1.29 is 8.91 Å². The highest BCUT2D eigenvalue weighted by atomic mass is 35.5. The Bertz CT molecular complexity index is 1190. The van der Waals surface area contributed by atoms with Crippen molar-refractivity contribution in [2.24, 2.45) is 0 Å². The first-order valence-corrected chi connectivity index (χ1v) is 10.1. The monoisotopic (exact) mass is 424 g/mol. The fourth-order valence-electron chi connectivity index (χ4n) is 3.45. The van der Waals surface area contributed by atoms with Gasteiger partial charge in [-0.2, -0.15) is 4.98 Å². The minimum Gasteiger partial charge on any atom is -0.334 e. The van der Waals surface area contributed by atoms with Crippen LogP contribution >= 0.6 is 11.6 Å². The van der Waals surface area contributed by atoms with Gasteiger partial charge in [0, 0.05) is 41.4 Å². The second kappa shape index (κ2) is 7.60. The maximum Gasteiger partial charge on any atom is 0.260 e. The zero-order valence-electron chi connectivity index (χ0n) is 16.2. The molecule has 0 N–H and O–H groups in total. The minimum atomic E-state index is -0.460. The summed E-state index contributed by atoms with van der Waals surface area (Å²) < 4.78 is 21.6. The molecule has 5 rings (SSSR count). The molecule has 30 heavy (non-hydrogen) atoms. The molecule has 7 nitrogen and oxygen atoms in total. The van der Waals surface area contributed by atoms with E-state index in [1.54, 1.807) is 12.4 Å². The molecule has 1 atom stereocenters. The second-order valence-electron chi connectivity index (χ2n) is 7.46. The lowest BCUT2D eigenvalue weighted by Gasteiger charge is -2.11. The van der Waals surface area contributed by atoms with Crippen LogP contribution in [-0.4, -0.2) is 29.9 Å². The summed E-state index contributed by atoms with van der Waals surface area (Å²) in [5.74, 6) is 1.77. The van der Waals surface area contributed by atoms with E-state index in [1.807, 2.05) is 19.1 Å². The van der Waals surface area contributed by atoms with Gasteiger partial charge in [0.05, 0.1) is 5.56 Å². The molecule has 0 bridgehead atoms. The van der Waals surface area contributed by atoms with Crippen LogP contribution in [0, 0.1) is 5.82 Å². The molecule has 3 heterocycles. The number of aromatic nitrogens is 6. The molecule has 1 aromatic carbocycles. The summed E-state index contributed by atoms with van der Waals surface area (Å²) in [7, 11) is 0. The van der Waals surface area contributed by atoms with Crippen LogP contribution in [0.2, 0.25) is 5.02 Å². The van der Waals surface area contributed by atoms with Crippen LogP contribution in [-0.2, 0) is 6.42 Å². The molecule has 1 fully saturated rings. The molecule has 4 aromatic rings. The number of nitrogens with zero attached hydrogens (tertiary/aromatic N) is 6. The Labute approximate surface area is 176 Å². The van der Waals surface area contributed by atoms with Crippen molar-refractivity contribution in [3.63, 3.8) is 0 Å². The fourth-order valence-corrected chi connectivity index (χ4v) is 3.62. The molecule has 1 aliphatic rings. The first kappa shape index (κ1) is 18.9. The third-order valence-corrected chi connectivity index (χ3v) is 5.38. The molecule has 0 saturated heterocycles. The third-order valence-electron chi connectivity index (χ3n) is 5.15. The Balaban J connectivity index is 1.41. The lowest BCUT2D eigenvalue weighted by molar-refractivity contribution is 0.414. The van der Waals surface area contributed by atoms with Crippen molar-refractivity contribution in [2.75, 3.05) is 0 Å². The highest BCUT2D eigenvalue weighted by Crippen LogP contribution is 2.39. The van der Waals surface area contributed by atoms with Gasteiger partial charge >= 0.3 is 0 Å². The molecule has 0 spiro atoms. The van der Waals surface area contributed by atoms with E-state index in [9.17, 15) is 4.39 Å². The predicted octanol–water partition coefficient (Wildman–Crippen LogP) is 4.86. The summed E-state index contributed by atoms with van der Waals surface area (Å²) in [6.07, 6.45) is 6.31. The van der Waals surface area contributed by atoms with Gasteiger partial charge in [0.1, 0.15) is 11.6 Å². The average molecular weight is 425 g/mol. The van der Waals surface area contributed by atoms with Gasteiger partial charge in [-0.15, -0.1) is 10.2 Å². The van der Waals surface area contributed by atoms with E-state index in [4.69, 9.17) is 16.1 Å². The number of hydrogen-bond donors (Lipinski definition) is 0. The Morgan fingerprint density at radius 2 is 2.00 bits per heavy atom. The molecule has 0 amide bonds. The van der Waals surface area contributed by atoms with Crippen LogP contribution in [0.25, 0.3) is 22.8 Å². The topological polar surface area (TPSA) is 82.5 Å². The van der Waals surface area contributed by atoms with Crippen LogP contribution in [0.4, 0.5) is 4.39 Å². The summed E-state index contributed by atoms with van der Waals surface area (Å²) in [5.41, 5.74) is 1.18. The fraction of sp³-hybridized carbons (Fsp3) is 0.286. The Hall–Kier alpha value is -3.13. The smallest absolute Gasteiger partial charge is 0.260 e. The summed E-state index contributed by atoms with van der Waals surface area (Å²) in [6.45, 7) is 1.99. The average Bonchev–Trinajstić information content (AvgIpc) is 3.31. The molecule has 152 valence electrons. The Kier molecular flexibility index (Phi) is 4.78. The molecule has 9 heteroatoms. The van der Waals surface area contributed by atoms with Gasteiger partial charge in [0.15, 0.2) is 11.6 Å².